The van der Waals surface area contributed by atoms with Gasteiger partial charge in [0.2, 0.25) is 0 Å². The van der Waals surface area contributed by atoms with Crippen LogP contribution >= 0.6 is 0 Å². The molecule has 1 heterocycles. The van der Waals surface area contributed by atoms with E-state index in [9.17, 15) is 0 Å². The molecule has 8 nitrogen and oxygen atoms in total. The Hall–Kier alpha value is -2.03. The van der Waals surface area contributed by atoms with E-state index in [1.807, 2.05) is 12.1 Å². The highest BCUT2D eigenvalue weighted by atomic mass is 16.5. The van der Waals surface area contributed by atoms with Gasteiger partial charge in [0.1, 0.15) is 0 Å². The van der Waals surface area contributed by atoms with E-state index in [1.165, 1.54) is 0 Å². The maximum atomic E-state index is 5.82. The van der Waals surface area contributed by atoms with Crippen LogP contribution in [0.3, 0.4) is 0 Å². The Kier molecular flexibility index (Phi) is 10.8. The van der Waals surface area contributed by atoms with Crippen LogP contribution in [0.2, 0.25) is 0 Å². The Balaban J connectivity index is 1.92. The van der Waals surface area contributed by atoms with Crippen molar-refractivity contribution in [1.82, 2.24) is 15.5 Å². The Morgan fingerprint density at radius 1 is 1.23 bits per heavy atom. The molecule has 0 saturated carbocycles. The van der Waals surface area contributed by atoms with Crippen molar-refractivity contribution in [3.63, 3.8) is 0 Å². The van der Waals surface area contributed by atoms with Crippen molar-refractivity contribution in [2.45, 2.75) is 31.9 Å². The van der Waals surface area contributed by atoms with Gasteiger partial charge in [0.25, 0.3) is 0 Å². The Morgan fingerprint density at radius 3 is 2.67 bits per heavy atom. The molecule has 2 atom stereocenters. The van der Waals surface area contributed by atoms with E-state index in [4.69, 9.17) is 23.9 Å². The van der Waals surface area contributed by atoms with Gasteiger partial charge >= 0.3 is 0 Å². The lowest BCUT2D eigenvalue weighted by Gasteiger charge is -2.24. The summed E-state index contributed by atoms with van der Waals surface area (Å²) in [5, 5.41) is 6.71. The molecule has 0 spiro atoms. The first-order valence-corrected chi connectivity index (χ1v) is 10.7. The van der Waals surface area contributed by atoms with Crippen molar-refractivity contribution in [1.29, 1.82) is 0 Å². The first kappa shape index (κ1) is 24.2. The minimum absolute atomic E-state index is 0.117. The summed E-state index contributed by atoms with van der Waals surface area (Å²) in [5.74, 6) is 2.26. The van der Waals surface area contributed by atoms with Crippen LogP contribution in [-0.2, 0) is 9.47 Å². The number of nitrogens with zero attached hydrogens (tertiary/aromatic N) is 2. The molecular formula is C22H38N4O4. The third kappa shape index (κ3) is 7.66. The van der Waals surface area contributed by atoms with Crippen molar-refractivity contribution in [2.24, 2.45) is 4.99 Å². The lowest BCUT2D eigenvalue weighted by atomic mass is 10.1. The van der Waals surface area contributed by atoms with Crippen molar-refractivity contribution < 1.29 is 18.9 Å². The SMILES string of the molecule is CCNC(=NCC(c1ccc(OC)c(OC)c1)N(C)C)NCCCOC1CCOC1. The average Bonchev–Trinajstić information content (AvgIpc) is 3.26. The Labute approximate surface area is 180 Å². The number of hydrogen-bond acceptors (Lipinski definition) is 6. The van der Waals surface area contributed by atoms with Crippen LogP contribution in [-0.4, -0.2) is 84.7 Å². The highest BCUT2D eigenvalue weighted by Gasteiger charge is 2.17. The number of benzene rings is 1. The number of rotatable bonds is 12. The number of guanidine groups is 1. The summed E-state index contributed by atoms with van der Waals surface area (Å²) in [4.78, 5) is 6.96. The molecule has 0 aliphatic carbocycles. The summed E-state index contributed by atoms with van der Waals surface area (Å²) < 4.78 is 22.0. The maximum absolute atomic E-state index is 5.82. The third-order valence-corrected chi connectivity index (χ3v) is 5.04. The predicted molar refractivity (Wildman–Crippen MR) is 120 cm³/mol. The topological polar surface area (TPSA) is 76.6 Å². The van der Waals surface area contributed by atoms with Crippen LogP contribution in [0.15, 0.2) is 23.2 Å². The van der Waals surface area contributed by atoms with Gasteiger partial charge in [-0.1, -0.05) is 6.07 Å². The zero-order valence-electron chi connectivity index (χ0n) is 19.1. The van der Waals surface area contributed by atoms with Crippen LogP contribution in [0, 0.1) is 0 Å². The van der Waals surface area contributed by atoms with Gasteiger partial charge in [0.15, 0.2) is 17.5 Å². The monoisotopic (exact) mass is 422 g/mol. The van der Waals surface area contributed by atoms with Gasteiger partial charge in [-0.2, -0.15) is 0 Å². The Morgan fingerprint density at radius 2 is 2.03 bits per heavy atom. The molecule has 8 heteroatoms. The molecule has 2 rings (SSSR count). The molecule has 2 unspecified atom stereocenters. The van der Waals surface area contributed by atoms with E-state index in [2.05, 4.69) is 42.6 Å². The van der Waals surface area contributed by atoms with Crippen LogP contribution < -0.4 is 20.1 Å². The van der Waals surface area contributed by atoms with E-state index >= 15 is 0 Å². The molecule has 1 aromatic rings. The molecule has 170 valence electrons. The molecule has 0 bridgehead atoms. The van der Waals surface area contributed by atoms with E-state index in [0.29, 0.717) is 6.54 Å². The van der Waals surface area contributed by atoms with Crippen molar-refractivity contribution in [3.8, 4) is 11.5 Å². The number of nitrogens with one attached hydrogen (secondary N) is 2. The summed E-state index contributed by atoms with van der Waals surface area (Å²) in [6.07, 6.45) is 2.18. The maximum Gasteiger partial charge on any atom is 0.191 e. The number of hydrogen-bond donors (Lipinski definition) is 2. The van der Waals surface area contributed by atoms with E-state index in [0.717, 1.165) is 68.8 Å². The smallest absolute Gasteiger partial charge is 0.191 e. The minimum Gasteiger partial charge on any atom is -0.493 e. The first-order chi connectivity index (χ1) is 14.6. The van der Waals surface area contributed by atoms with Gasteiger partial charge in [0.05, 0.1) is 39.5 Å². The minimum atomic E-state index is 0.117. The largest absolute Gasteiger partial charge is 0.493 e. The Bertz CT molecular complexity index is 648. The van der Waals surface area contributed by atoms with Crippen molar-refractivity contribution in [3.05, 3.63) is 23.8 Å². The molecule has 0 radical (unpaired) electrons. The quantitative estimate of drug-likeness (QED) is 0.303. The number of aliphatic imine (C=N–C) groups is 1. The first-order valence-electron chi connectivity index (χ1n) is 10.7. The average molecular weight is 423 g/mol. The lowest BCUT2D eigenvalue weighted by molar-refractivity contribution is 0.0420. The van der Waals surface area contributed by atoms with Crippen LogP contribution in [0.4, 0.5) is 0 Å². The molecule has 1 aromatic carbocycles. The summed E-state index contributed by atoms with van der Waals surface area (Å²) in [6.45, 7) is 6.57. The van der Waals surface area contributed by atoms with E-state index in [-0.39, 0.29) is 12.1 Å². The van der Waals surface area contributed by atoms with Crippen LogP contribution in [0.5, 0.6) is 11.5 Å². The standard InChI is InChI=1S/C22H38N4O4/c1-6-23-22(24-11-7-12-30-18-10-13-29-16-18)25-15-19(26(2)3)17-8-9-20(27-4)21(14-17)28-5/h8-9,14,18-19H,6-7,10-13,15-16H2,1-5H3,(H2,23,24,25). The van der Waals surface area contributed by atoms with Crippen molar-refractivity contribution >= 4 is 5.96 Å². The second kappa shape index (κ2) is 13.3. The lowest BCUT2D eigenvalue weighted by Crippen LogP contribution is -2.39. The molecule has 1 fully saturated rings. The van der Waals surface area contributed by atoms with Crippen molar-refractivity contribution in [2.75, 3.05) is 67.8 Å². The van der Waals surface area contributed by atoms with Gasteiger partial charge < -0.3 is 34.5 Å². The fourth-order valence-electron chi connectivity index (χ4n) is 3.32. The predicted octanol–water partition coefficient (Wildman–Crippen LogP) is 2.06. The van der Waals surface area contributed by atoms with Gasteiger partial charge in [-0.05, 0) is 51.6 Å². The zero-order valence-corrected chi connectivity index (χ0v) is 19.1. The van der Waals surface area contributed by atoms with E-state index < -0.39 is 0 Å². The summed E-state index contributed by atoms with van der Waals surface area (Å²) in [6, 6.07) is 6.13. The normalized spacial score (nSPS) is 17.8. The molecule has 30 heavy (non-hydrogen) atoms. The van der Waals surface area contributed by atoms with Gasteiger partial charge in [-0.15, -0.1) is 0 Å². The van der Waals surface area contributed by atoms with E-state index in [1.54, 1.807) is 14.2 Å². The number of ether oxygens (including phenoxy) is 4. The number of likely N-dealkylation sites (N-methyl/N-ethyl adjacent to an activating group) is 1. The highest BCUT2D eigenvalue weighted by molar-refractivity contribution is 5.79. The highest BCUT2D eigenvalue weighted by Crippen LogP contribution is 2.31. The molecule has 0 aromatic heterocycles. The zero-order chi connectivity index (χ0) is 21.8. The summed E-state index contributed by atoms with van der Waals surface area (Å²) >= 11 is 0. The molecule has 0 amide bonds. The molecule has 2 N–H and O–H groups in total. The second-order valence-corrected chi connectivity index (χ2v) is 7.45. The van der Waals surface area contributed by atoms with Gasteiger partial charge in [-0.25, -0.2) is 0 Å². The fourth-order valence-corrected chi connectivity index (χ4v) is 3.32. The van der Waals surface area contributed by atoms with Crippen LogP contribution in [0.25, 0.3) is 0 Å². The third-order valence-electron chi connectivity index (χ3n) is 5.04. The molecular weight excluding hydrogens is 384 g/mol. The fraction of sp³-hybridized carbons (Fsp3) is 0.682. The molecule has 1 aliphatic heterocycles. The summed E-state index contributed by atoms with van der Waals surface area (Å²) in [7, 11) is 7.41. The van der Waals surface area contributed by atoms with Gasteiger partial charge in [0, 0.05) is 26.3 Å². The summed E-state index contributed by atoms with van der Waals surface area (Å²) in [5.41, 5.74) is 1.13. The van der Waals surface area contributed by atoms with Crippen LogP contribution in [0.1, 0.15) is 31.4 Å². The molecule has 1 saturated heterocycles. The number of methoxy groups -OCH3 is 2. The second-order valence-electron chi connectivity index (χ2n) is 7.45. The van der Waals surface area contributed by atoms with Gasteiger partial charge in [-0.3, -0.25) is 4.99 Å². The molecule has 1 aliphatic rings.